The number of rotatable bonds is 6. The van der Waals surface area contributed by atoms with E-state index in [0.717, 1.165) is 29.5 Å². The largest absolute Gasteiger partial charge is 0.507 e. The summed E-state index contributed by atoms with van der Waals surface area (Å²) in [5.41, 5.74) is 2.28. The molecule has 1 aromatic carbocycles. The predicted molar refractivity (Wildman–Crippen MR) is 139 cm³/mol. The Labute approximate surface area is 203 Å². The molecule has 0 saturated carbocycles. The molecule has 0 atom stereocenters. The molecule has 1 N–H and O–H groups in total. The third kappa shape index (κ3) is 7.84. The van der Waals surface area contributed by atoms with Gasteiger partial charge in [-0.2, -0.15) is 0 Å². The first-order valence-corrected chi connectivity index (χ1v) is 14.0. The highest BCUT2D eigenvalue weighted by atomic mass is 31.2. The molecule has 1 heterocycles. The van der Waals surface area contributed by atoms with Crippen LogP contribution in [0.1, 0.15) is 113 Å². The topological polar surface area (TPSA) is 55.8 Å². The minimum absolute atomic E-state index is 0.0982. The van der Waals surface area contributed by atoms with Gasteiger partial charge in [0.2, 0.25) is 0 Å². The van der Waals surface area contributed by atoms with Crippen LogP contribution in [0.5, 0.6) is 5.75 Å². The van der Waals surface area contributed by atoms with Crippen LogP contribution in [0.25, 0.3) is 0 Å². The van der Waals surface area contributed by atoms with Gasteiger partial charge < -0.3 is 14.2 Å². The van der Waals surface area contributed by atoms with E-state index >= 15 is 0 Å². The summed E-state index contributed by atoms with van der Waals surface area (Å²) in [6.07, 6.45) is 2.05. The van der Waals surface area contributed by atoms with Gasteiger partial charge in [-0.05, 0) is 40.1 Å². The zero-order valence-electron chi connectivity index (χ0n) is 23.3. The minimum Gasteiger partial charge on any atom is -0.507 e. The highest BCUT2D eigenvalue weighted by Gasteiger charge is 2.39. The fourth-order valence-corrected chi connectivity index (χ4v) is 7.58. The third-order valence-electron chi connectivity index (χ3n) is 6.25. The molecule has 0 spiro atoms. The van der Waals surface area contributed by atoms with E-state index in [-0.39, 0.29) is 33.2 Å². The van der Waals surface area contributed by atoms with E-state index < -0.39 is 7.60 Å². The second-order valence-corrected chi connectivity index (χ2v) is 16.8. The van der Waals surface area contributed by atoms with Crippen LogP contribution in [0.2, 0.25) is 0 Å². The second-order valence-electron chi connectivity index (χ2n) is 14.8. The molecular formula is C28H49O4P. The van der Waals surface area contributed by atoms with Crippen molar-refractivity contribution >= 4 is 7.60 Å². The Kier molecular flexibility index (Phi) is 7.74. The first-order valence-electron chi connectivity index (χ1n) is 12.3. The van der Waals surface area contributed by atoms with Gasteiger partial charge >= 0.3 is 7.60 Å². The van der Waals surface area contributed by atoms with Crippen LogP contribution in [0.4, 0.5) is 0 Å². The van der Waals surface area contributed by atoms with E-state index in [9.17, 15) is 9.67 Å². The van der Waals surface area contributed by atoms with Crippen molar-refractivity contribution in [2.24, 2.45) is 16.2 Å². The van der Waals surface area contributed by atoms with E-state index in [0.29, 0.717) is 19.0 Å². The summed E-state index contributed by atoms with van der Waals surface area (Å²) in [5, 5.41) is 11.6. The molecule has 1 aromatic rings. The van der Waals surface area contributed by atoms with Gasteiger partial charge in [0.25, 0.3) is 0 Å². The average Bonchev–Trinajstić information content (AvgIpc) is 2.55. The van der Waals surface area contributed by atoms with Crippen molar-refractivity contribution in [1.29, 1.82) is 0 Å². The highest BCUT2D eigenvalue weighted by molar-refractivity contribution is 7.53. The van der Waals surface area contributed by atoms with Crippen LogP contribution < -0.4 is 0 Å². The monoisotopic (exact) mass is 480 g/mol. The summed E-state index contributed by atoms with van der Waals surface area (Å²) in [6.45, 7) is 27.1. The van der Waals surface area contributed by atoms with Gasteiger partial charge in [0.15, 0.2) is 0 Å². The molecule has 190 valence electrons. The molecule has 1 fully saturated rings. The molecule has 0 bridgehead atoms. The van der Waals surface area contributed by atoms with Crippen LogP contribution in [0, 0.1) is 16.2 Å². The molecule has 5 heteroatoms. The fraction of sp³-hybridized carbons (Fsp3) is 0.786. The fourth-order valence-electron chi connectivity index (χ4n) is 5.60. The lowest BCUT2D eigenvalue weighted by Crippen LogP contribution is -2.30. The zero-order chi connectivity index (χ0) is 25.7. The Morgan fingerprint density at radius 1 is 0.818 bits per heavy atom. The molecule has 4 nitrogen and oxygen atoms in total. The van der Waals surface area contributed by atoms with Gasteiger partial charge in [-0.25, -0.2) is 0 Å². The van der Waals surface area contributed by atoms with Gasteiger partial charge in [-0.15, -0.1) is 0 Å². The van der Waals surface area contributed by atoms with E-state index in [4.69, 9.17) is 9.05 Å². The maximum Gasteiger partial charge on any atom is 0.335 e. The molecule has 0 unspecified atom stereocenters. The Balaban J connectivity index is 2.60. The summed E-state index contributed by atoms with van der Waals surface area (Å²) < 4.78 is 25.0. The van der Waals surface area contributed by atoms with Crippen molar-refractivity contribution in [1.82, 2.24) is 0 Å². The lowest BCUT2D eigenvalue weighted by Gasteiger charge is -2.38. The van der Waals surface area contributed by atoms with Crippen molar-refractivity contribution < 1.29 is 18.7 Å². The summed E-state index contributed by atoms with van der Waals surface area (Å²) in [4.78, 5) is 0. The first-order chi connectivity index (χ1) is 14.5. The number of aromatic hydroxyl groups is 1. The second kappa shape index (κ2) is 8.99. The minimum atomic E-state index is -3.24. The van der Waals surface area contributed by atoms with E-state index in [2.05, 4.69) is 83.1 Å². The SMILES string of the molecule is CC(C)(C)CC(C)(C)c1cc(CP2(=O)OCC(C)(C)CO2)cc(C(C)(C)CC(C)(C)C)c1O. The molecule has 33 heavy (non-hydrogen) atoms. The van der Waals surface area contributed by atoms with Crippen LogP contribution in [-0.2, 0) is 30.6 Å². The van der Waals surface area contributed by atoms with Crippen molar-refractivity contribution in [3.63, 3.8) is 0 Å². The van der Waals surface area contributed by atoms with Gasteiger partial charge in [0.05, 0.1) is 19.4 Å². The summed E-state index contributed by atoms with van der Waals surface area (Å²) in [5.74, 6) is 0.368. The van der Waals surface area contributed by atoms with Crippen LogP contribution in [0.3, 0.4) is 0 Å². The highest BCUT2D eigenvalue weighted by Crippen LogP contribution is 2.57. The molecule has 0 aromatic heterocycles. The lowest BCUT2D eigenvalue weighted by molar-refractivity contribution is 0.0409. The van der Waals surface area contributed by atoms with Crippen molar-refractivity contribution in [2.45, 2.75) is 113 Å². The van der Waals surface area contributed by atoms with Gasteiger partial charge in [0.1, 0.15) is 5.75 Å². The number of phenolic OH excluding ortho intramolecular Hbond substituents is 1. The molecular weight excluding hydrogens is 431 g/mol. The Morgan fingerprint density at radius 3 is 1.52 bits per heavy atom. The number of phenols is 1. The summed E-state index contributed by atoms with van der Waals surface area (Å²) in [6, 6.07) is 4.06. The van der Waals surface area contributed by atoms with Gasteiger partial charge in [-0.3, -0.25) is 4.57 Å². The standard InChI is InChI=1S/C28H49O4P/c1-24(2,3)16-27(9,10)21-13-20(15-33(30)31-18-26(7,8)19-32-33)14-22(23(21)29)28(11,12)17-25(4,5)6/h13-14,29H,15-19H2,1-12H3. The predicted octanol–water partition coefficient (Wildman–Crippen LogP) is 8.59. The lowest BCUT2D eigenvalue weighted by atomic mass is 9.68. The molecule has 1 aliphatic rings. The van der Waals surface area contributed by atoms with E-state index in [1.165, 1.54) is 0 Å². The Bertz CT molecular complexity index is 834. The Morgan fingerprint density at radius 2 is 1.18 bits per heavy atom. The molecule has 1 saturated heterocycles. The number of benzene rings is 1. The molecule has 2 rings (SSSR count). The van der Waals surface area contributed by atoms with Crippen LogP contribution in [0.15, 0.2) is 12.1 Å². The first kappa shape index (κ1) is 28.4. The average molecular weight is 481 g/mol. The quantitative estimate of drug-likeness (QED) is 0.414. The number of hydrogen-bond acceptors (Lipinski definition) is 4. The number of hydrogen-bond donors (Lipinski definition) is 1. The third-order valence-corrected chi connectivity index (χ3v) is 8.05. The zero-order valence-corrected chi connectivity index (χ0v) is 24.2. The van der Waals surface area contributed by atoms with Gasteiger partial charge in [0, 0.05) is 16.5 Å². The van der Waals surface area contributed by atoms with Crippen LogP contribution in [-0.4, -0.2) is 18.3 Å². The summed E-state index contributed by atoms with van der Waals surface area (Å²) >= 11 is 0. The maximum absolute atomic E-state index is 13.4. The van der Waals surface area contributed by atoms with E-state index in [1.54, 1.807) is 0 Å². The molecule has 1 aliphatic heterocycles. The maximum atomic E-state index is 13.4. The van der Waals surface area contributed by atoms with Crippen molar-refractivity contribution in [2.75, 3.05) is 13.2 Å². The smallest absolute Gasteiger partial charge is 0.335 e. The normalized spacial score (nSPS) is 19.5. The molecule has 0 aliphatic carbocycles. The van der Waals surface area contributed by atoms with Gasteiger partial charge in [-0.1, -0.05) is 95.2 Å². The van der Waals surface area contributed by atoms with Crippen molar-refractivity contribution in [3.05, 3.63) is 28.8 Å². The van der Waals surface area contributed by atoms with E-state index in [1.807, 2.05) is 12.1 Å². The molecule has 0 amide bonds. The molecule has 0 radical (unpaired) electrons. The Hall–Kier alpha value is -0.830. The summed E-state index contributed by atoms with van der Waals surface area (Å²) in [7, 11) is -3.24. The van der Waals surface area contributed by atoms with Crippen molar-refractivity contribution in [3.8, 4) is 5.75 Å². The van der Waals surface area contributed by atoms with Crippen LogP contribution >= 0.6 is 7.60 Å².